The van der Waals surface area contributed by atoms with Gasteiger partial charge in [-0.15, -0.1) is 0 Å². The Balaban J connectivity index is 0.00000324. The Kier molecular flexibility index (Phi) is 6.97. The molecule has 0 aliphatic rings. The lowest BCUT2D eigenvalue weighted by molar-refractivity contribution is -0.677. The number of hydrogen-bond acceptors (Lipinski definition) is 1. The highest BCUT2D eigenvalue weighted by Gasteiger charge is 2.27. The van der Waals surface area contributed by atoms with E-state index in [1.54, 1.807) is 0 Å². The van der Waals surface area contributed by atoms with Crippen molar-refractivity contribution in [3.63, 3.8) is 0 Å². The van der Waals surface area contributed by atoms with Crippen LogP contribution in [0.5, 0.6) is 0 Å². The molecule has 0 aliphatic carbocycles. The molecule has 0 spiro atoms. The molecule has 0 aliphatic heterocycles. The minimum absolute atomic E-state index is 0. The van der Waals surface area contributed by atoms with Gasteiger partial charge >= 0.3 is 0 Å². The molecule has 3 nitrogen and oxygen atoms in total. The molecule has 0 unspecified atom stereocenters. The average molecular weight is 376 g/mol. The van der Waals surface area contributed by atoms with Gasteiger partial charge in [0.2, 0.25) is 0 Å². The Labute approximate surface area is 134 Å². The van der Waals surface area contributed by atoms with Crippen molar-refractivity contribution in [2.45, 2.75) is 53.6 Å². The van der Waals surface area contributed by atoms with Crippen molar-refractivity contribution in [3.8, 4) is 0 Å². The van der Waals surface area contributed by atoms with Gasteiger partial charge in [0.05, 0.1) is 0 Å². The van der Waals surface area contributed by atoms with Crippen LogP contribution in [-0.2, 0) is 7.05 Å². The van der Waals surface area contributed by atoms with Crippen LogP contribution in [-0.4, -0.2) is 22.9 Å². The quantitative estimate of drug-likeness (QED) is 0.510. The molecule has 0 fully saturated rings. The molecule has 0 saturated heterocycles. The topological polar surface area (TPSA) is 24.2 Å². The summed E-state index contributed by atoms with van der Waals surface area (Å²) in [6.45, 7) is 12.2. The van der Waals surface area contributed by atoms with E-state index in [1.807, 2.05) is 42.6 Å². The number of carbonyl (C=O) groups excluding carboxylic acids is 1. The molecule has 0 radical (unpaired) electrons. The summed E-state index contributed by atoms with van der Waals surface area (Å²) in [6.07, 6.45) is 2.00. The van der Waals surface area contributed by atoms with Crippen LogP contribution in [0.15, 0.2) is 12.3 Å². The van der Waals surface area contributed by atoms with Gasteiger partial charge < -0.3 is 28.9 Å². The maximum Gasteiger partial charge on any atom is 0.260 e. The summed E-state index contributed by atoms with van der Waals surface area (Å²) in [6, 6.07) is 2.42. The first kappa shape index (κ1) is 18.4. The van der Waals surface area contributed by atoms with Gasteiger partial charge in [-0.25, -0.2) is 4.57 Å². The SMILES string of the molecule is Cc1cc[n+](C)c(C)c1C(=O)N(C(C)C)C(C)C.[I-]. The first-order chi connectivity index (χ1) is 8.27. The smallest absolute Gasteiger partial charge is 0.260 e. The van der Waals surface area contributed by atoms with E-state index in [2.05, 4.69) is 27.7 Å². The lowest BCUT2D eigenvalue weighted by Crippen LogP contribution is -3.00. The van der Waals surface area contributed by atoms with E-state index in [4.69, 9.17) is 0 Å². The predicted octanol–water partition coefficient (Wildman–Crippen LogP) is -0.609. The maximum absolute atomic E-state index is 12.7. The number of amides is 1. The molecule has 0 aromatic carbocycles. The van der Waals surface area contributed by atoms with Crippen LogP contribution in [0.2, 0.25) is 0 Å². The van der Waals surface area contributed by atoms with Crippen LogP contribution in [0.1, 0.15) is 49.3 Å². The standard InChI is InChI=1S/C15H25N2O.HI/c1-10(2)17(11(3)4)15(18)14-12(5)8-9-16(7)13(14)6;/h8-11H,1-7H3;1H/q+1;/p-1. The number of pyridine rings is 1. The van der Waals surface area contributed by atoms with Crippen LogP contribution in [0, 0.1) is 13.8 Å². The van der Waals surface area contributed by atoms with Crippen molar-refractivity contribution < 1.29 is 33.3 Å². The van der Waals surface area contributed by atoms with Crippen molar-refractivity contribution >= 4 is 5.91 Å². The van der Waals surface area contributed by atoms with E-state index in [-0.39, 0.29) is 42.0 Å². The highest BCUT2D eigenvalue weighted by molar-refractivity contribution is 5.96. The third-order valence-corrected chi connectivity index (χ3v) is 3.39. The molecule has 0 saturated carbocycles. The van der Waals surface area contributed by atoms with E-state index >= 15 is 0 Å². The minimum atomic E-state index is 0. The molecular formula is C15H25IN2O. The summed E-state index contributed by atoms with van der Waals surface area (Å²) < 4.78 is 2.00. The molecule has 1 aromatic heterocycles. The number of carbonyl (C=O) groups is 1. The van der Waals surface area contributed by atoms with Gasteiger partial charge in [0.1, 0.15) is 12.6 Å². The minimum Gasteiger partial charge on any atom is -1.00 e. The Bertz CT molecular complexity index is 448. The largest absolute Gasteiger partial charge is 1.00 e. The molecule has 1 heterocycles. The molecule has 0 atom stereocenters. The van der Waals surface area contributed by atoms with E-state index in [9.17, 15) is 4.79 Å². The molecule has 19 heavy (non-hydrogen) atoms. The summed E-state index contributed by atoms with van der Waals surface area (Å²) >= 11 is 0. The van der Waals surface area contributed by atoms with E-state index < -0.39 is 0 Å². The maximum atomic E-state index is 12.7. The van der Waals surface area contributed by atoms with Crippen LogP contribution < -0.4 is 28.5 Å². The lowest BCUT2D eigenvalue weighted by Gasteiger charge is -2.31. The number of rotatable bonds is 3. The van der Waals surface area contributed by atoms with Crippen LogP contribution in [0.25, 0.3) is 0 Å². The van der Waals surface area contributed by atoms with Crippen molar-refractivity contribution in [3.05, 3.63) is 29.1 Å². The fourth-order valence-corrected chi connectivity index (χ4v) is 2.40. The summed E-state index contributed by atoms with van der Waals surface area (Å²) in [5.41, 5.74) is 2.90. The Hall–Kier alpha value is -0.650. The first-order valence-corrected chi connectivity index (χ1v) is 6.55. The second-order valence-electron chi connectivity index (χ2n) is 5.47. The Morgan fingerprint density at radius 1 is 1.16 bits per heavy atom. The Morgan fingerprint density at radius 3 is 2.05 bits per heavy atom. The summed E-state index contributed by atoms with van der Waals surface area (Å²) in [5, 5.41) is 0. The number of aryl methyl sites for hydroxylation is 2. The van der Waals surface area contributed by atoms with Gasteiger partial charge in [0, 0.05) is 25.1 Å². The zero-order valence-electron chi connectivity index (χ0n) is 13.0. The number of hydrogen-bond donors (Lipinski definition) is 0. The zero-order valence-corrected chi connectivity index (χ0v) is 15.1. The van der Waals surface area contributed by atoms with Crippen molar-refractivity contribution in [1.29, 1.82) is 0 Å². The molecule has 4 heteroatoms. The second-order valence-corrected chi connectivity index (χ2v) is 5.47. The number of aromatic nitrogens is 1. The van der Waals surface area contributed by atoms with Crippen LogP contribution in [0.3, 0.4) is 0 Å². The van der Waals surface area contributed by atoms with Gasteiger partial charge in [0.25, 0.3) is 5.91 Å². The van der Waals surface area contributed by atoms with Gasteiger partial charge in [-0.1, -0.05) is 0 Å². The van der Waals surface area contributed by atoms with Gasteiger partial charge in [-0.05, 0) is 40.2 Å². The van der Waals surface area contributed by atoms with Gasteiger partial charge in [0.15, 0.2) is 11.9 Å². The molecule has 0 bridgehead atoms. The van der Waals surface area contributed by atoms with E-state index in [0.29, 0.717) is 0 Å². The highest BCUT2D eigenvalue weighted by atomic mass is 127. The second kappa shape index (κ2) is 7.22. The third-order valence-electron chi connectivity index (χ3n) is 3.39. The first-order valence-electron chi connectivity index (χ1n) is 6.55. The normalized spacial score (nSPS) is 10.6. The predicted molar refractivity (Wildman–Crippen MR) is 73.5 cm³/mol. The van der Waals surface area contributed by atoms with Crippen molar-refractivity contribution in [2.24, 2.45) is 7.05 Å². The monoisotopic (exact) mass is 376 g/mol. The lowest BCUT2D eigenvalue weighted by atomic mass is 10.0. The van der Waals surface area contributed by atoms with Crippen LogP contribution in [0.4, 0.5) is 0 Å². The van der Waals surface area contributed by atoms with E-state index in [0.717, 1.165) is 16.8 Å². The fourth-order valence-electron chi connectivity index (χ4n) is 2.40. The Morgan fingerprint density at radius 2 is 1.63 bits per heavy atom. The number of nitrogens with zero attached hydrogens (tertiary/aromatic N) is 2. The molecular weight excluding hydrogens is 351 g/mol. The van der Waals surface area contributed by atoms with Gasteiger partial charge in [-0.3, -0.25) is 4.79 Å². The molecule has 1 amide bonds. The summed E-state index contributed by atoms with van der Waals surface area (Å²) in [4.78, 5) is 14.7. The zero-order chi connectivity index (χ0) is 14.0. The molecule has 1 aromatic rings. The third kappa shape index (κ3) is 3.91. The molecule has 108 valence electrons. The van der Waals surface area contributed by atoms with Crippen molar-refractivity contribution in [1.82, 2.24) is 4.90 Å². The highest BCUT2D eigenvalue weighted by Crippen LogP contribution is 2.16. The van der Waals surface area contributed by atoms with Crippen molar-refractivity contribution in [2.75, 3.05) is 0 Å². The fraction of sp³-hybridized carbons (Fsp3) is 0.600. The van der Waals surface area contributed by atoms with E-state index in [1.165, 1.54) is 0 Å². The van der Waals surface area contributed by atoms with Crippen LogP contribution >= 0.6 is 0 Å². The number of halogens is 1. The van der Waals surface area contributed by atoms with Gasteiger partial charge in [-0.2, -0.15) is 0 Å². The summed E-state index contributed by atoms with van der Waals surface area (Å²) in [5.74, 6) is 0.131. The molecule has 1 rings (SSSR count). The molecule has 0 N–H and O–H groups in total. The average Bonchev–Trinajstić information content (AvgIpc) is 2.23. The summed E-state index contributed by atoms with van der Waals surface area (Å²) in [7, 11) is 1.97.